The van der Waals surface area contributed by atoms with Crippen molar-refractivity contribution in [2.24, 2.45) is 0 Å². The molecule has 79 valence electrons. The van der Waals surface area contributed by atoms with Gasteiger partial charge in [-0.1, -0.05) is 74.7 Å². The van der Waals surface area contributed by atoms with Crippen LogP contribution in [0.1, 0.15) is 65.2 Å². The monoisotopic (exact) mass is 247 g/mol. The molecule has 0 aliphatic rings. The van der Waals surface area contributed by atoms with E-state index in [1.165, 1.54) is 51.4 Å². The maximum Gasteiger partial charge on any atom is 0.0120 e. The van der Waals surface area contributed by atoms with E-state index < -0.39 is 0 Å². The first-order chi connectivity index (χ1) is 6.27. The third-order valence-electron chi connectivity index (χ3n) is 2.25. The molecular formula is C12H24Br. The number of hydrogen-bond donors (Lipinski definition) is 0. The molecule has 0 aromatic rings. The highest BCUT2D eigenvalue weighted by atomic mass is 79.9. The van der Waals surface area contributed by atoms with Gasteiger partial charge in [-0.05, 0) is 12.8 Å². The Hall–Kier alpha value is 0.480. The number of rotatable bonds is 9. The predicted octanol–water partition coefficient (Wildman–Crippen LogP) is 5.11. The van der Waals surface area contributed by atoms with Gasteiger partial charge in [0, 0.05) is 4.83 Å². The summed E-state index contributed by atoms with van der Waals surface area (Å²) < 4.78 is 0. The Bertz CT molecular complexity index is 89.1. The Morgan fingerprint density at radius 3 is 2.31 bits per heavy atom. The Balaban J connectivity index is 2.84. The highest BCUT2D eigenvalue weighted by molar-refractivity contribution is 9.09. The molecule has 0 saturated carbocycles. The second-order valence-electron chi connectivity index (χ2n) is 3.86. The minimum Gasteiger partial charge on any atom is -0.0894 e. The van der Waals surface area contributed by atoms with E-state index in [1.54, 1.807) is 0 Å². The fraction of sp³-hybridized carbons (Fsp3) is 0.917. The van der Waals surface area contributed by atoms with Crippen molar-refractivity contribution in [1.82, 2.24) is 0 Å². The second kappa shape index (κ2) is 10.6. The first kappa shape index (κ1) is 13.5. The molecule has 0 aliphatic carbocycles. The molecule has 0 saturated heterocycles. The fourth-order valence-electron chi connectivity index (χ4n) is 1.42. The average molecular weight is 248 g/mol. The number of hydrogen-bond acceptors (Lipinski definition) is 0. The van der Waals surface area contributed by atoms with Crippen LogP contribution in [0, 0.1) is 6.42 Å². The van der Waals surface area contributed by atoms with Crippen molar-refractivity contribution in [3.63, 3.8) is 0 Å². The summed E-state index contributed by atoms with van der Waals surface area (Å²) in [4.78, 5) is 0.660. The van der Waals surface area contributed by atoms with Gasteiger partial charge < -0.3 is 0 Å². The normalized spacial score (nSPS) is 13.2. The molecule has 0 N–H and O–H groups in total. The van der Waals surface area contributed by atoms with E-state index in [1.807, 2.05) is 0 Å². The lowest BCUT2D eigenvalue weighted by molar-refractivity contribution is 0.600. The van der Waals surface area contributed by atoms with Gasteiger partial charge in [0.15, 0.2) is 0 Å². The van der Waals surface area contributed by atoms with Crippen molar-refractivity contribution >= 4 is 15.9 Å². The third-order valence-corrected chi connectivity index (χ3v) is 2.63. The van der Waals surface area contributed by atoms with Gasteiger partial charge in [-0.2, -0.15) is 0 Å². The molecule has 13 heavy (non-hydrogen) atoms. The standard InChI is InChI=1S/C12H24Br/c1-3-4-5-6-7-8-9-10-11-12(2)13/h10,12H,3-9,11H2,1-2H3. The summed E-state index contributed by atoms with van der Waals surface area (Å²) in [6, 6.07) is 0. The quantitative estimate of drug-likeness (QED) is 0.392. The van der Waals surface area contributed by atoms with Crippen molar-refractivity contribution < 1.29 is 0 Å². The number of unbranched alkanes of at least 4 members (excludes halogenated alkanes) is 7. The van der Waals surface area contributed by atoms with Crippen LogP contribution in [0.5, 0.6) is 0 Å². The van der Waals surface area contributed by atoms with Crippen molar-refractivity contribution in [1.29, 1.82) is 0 Å². The highest BCUT2D eigenvalue weighted by Gasteiger charge is 1.95. The van der Waals surface area contributed by atoms with Crippen LogP contribution in [-0.4, -0.2) is 4.83 Å². The van der Waals surface area contributed by atoms with Gasteiger partial charge >= 0.3 is 0 Å². The molecule has 1 radical (unpaired) electrons. The second-order valence-corrected chi connectivity index (χ2v) is 5.42. The van der Waals surface area contributed by atoms with E-state index in [-0.39, 0.29) is 0 Å². The molecule has 0 spiro atoms. The van der Waals surface area contributed by atoms with Crippen LogP contribution in [0.4, 0.5) is 0 Å². The maximum absolute atomic E-state index is 3.55. The highest BCUT2D eigenvalue weighted by Crippen LogP contribution is 2.12. The summed E-state index contributed by atoms with van der Waals surface area (Å²) in [6.45, 7) is 4.48. The summed E-state index contributed by atoms with van der Waals surface area (Å²) >= 11 is 3.55. The van der Waals surface area contributed by atoms with Crippen LogP contribution in [-0.2, 0) is 0 Å². The summed E-state index contributed by atoms with van der Waals surface area (Å²) in [5.41, 5.74) is 0. The minimum atomic E-state index is 0.660. The zero-order valence-corrected chi connectivity index (χ0v) is 10.8. The molecule has 0 fully saturated rings. The molecule has 0 aromatic heterocycles. The van der Waals surface area contributed by atoms with Gasteiger partial charge in [-0.15, -0.1) is 0 Å². The molecule has 0 aromatic carbocycles. The van der Waals surface area contributed by atoms with Crippen LogP contribution >= 0.6 is 15.9 Å². The van der Waals surface area contributed by atoms with E-state index in [9.17, 15) is 0 Å². The van der Waals surface area contributed by atoms with Gasteiger partial charge in [-0.25, -0.2) is 0 Å². The Morgan fingerprint density at radius 2 is 1.69 bits per heavy atom. The van der Waals surface area contributed by atoms with Gasteiger partial charge in [0.05, 0.1) is 0 Å². The van der Waals surface area contributed by atoms with E-state index >= 15 is 0 Å². The van der Waals surface area contributed by atoms with Gasteiger partial charge in [0.2, 0.25) is 0 Å². The Morgan fingerprint density at radius 1 is 1.08 bits per heavy atom. The lowest BCUT2D eigenvalue weighted by atomic mass is 10.1. The number of halogens is 1. The zero-order chi connectivity index (χ0) is 9.94. The first-order valence-electron chi connectivity index (χ1n) is 5.73. The van der Waals surface area contributed by atoms with Crippen molar-refractivity contribution in [2.45, 2.75) is 70.0 Å². The summed E-state index contributed by atoms with van der Waals surface area (Å²) in [5, 5.41) is 0. The van der Waals surface area contributed by atoms with Crippen LogP contribution in [0.15, 0.2) is 0 Å². The first-order valence-corrected chi connectivity index (χ1v) is 6.64. The van der Waals surface area contributed by atoms with Crippen molar-refractivity contribution in [3.05, 3.63) is 6.42 Å². The minimum absolute atomic E-state index is 0.660. The topological polar surface area (TPSA) is 0 Å². The lowest BCUT2D eigenvalue weighted by Crippen LogP contribution is -1.90. The van der Waals surface area contributed by atoms with Crippen LogP contribution in [0.2, 0.25) is 0 Å². The van der Waals surface area contributed by atoms with Crippen molar-refractivity contribution in [3.8, 4) is 0 Å². The molecule has 1 heteroatoms. The van der Waals surface area contributed by atoms with Crippen LogP contribution in [0.3, 0.4) is 0 Å². The Labute approximate surface area is 92.6 Å². The van der Waals surface area contributed by atoms with Gasteiger partial charge in [0.25, 0.3) is 0 Å². The van der Waals surface area contributed by atoms with E-state index in [0.29, 0.717) is 4.83 Å². The number of alkyl halides is 1. The molecule has 1 unspecified atom stereocenters. The Kier molecular flexibility index (Phi) is 11.0. The molecule has 0 rings (SSSR count). The molecule has 0 nitrogen and oxygen atoms in total. The van der Waals surface area contributed by atoms with E-state index in [2.05, 4.69) is 36.2 Å². The SMILES string of the molecule is CCCCCCCC[CH]CC(C)Br. The average Bonchev–Trinajstić information content (AvgIpc) is 2.09. The molecule has 0 heterocycles. The maximum atomic E-state index is 3.55. The van der Waals surface area contributed by atoms with Gasteiger partial charge in [0.1, 0.15) is 0 Å². The molecule has 0 bridgehead atoms. The lowest BCUT2D eigenvalue weighted by Gasteiger charge is -2.02. The summed E-state index contributed by atoms with van der Waals surface area (Å²) in [5.74, 6) is 0. The van der Waals surface area contributed by atoms with Gasteiger partial charge in [-0.3, -0.25) is 0 Å². The molecular weight excluding hydrogens is 224 g/mol. The smallest absolute Gasteiger partial charge is 0.0120 e. The molecule has 0 aliphatic heterocycles. The van der Waals surface area contributed by atoms with Crippen LogP contribution in [0.25, 0.3) is 0 Å². The largest absolute Gasteiger partial charge is 0.0894 e. The van der Waals surface area contributed by atoms with Crippen molar-refractivity contribution in [2.75, 3.05) is 0 Å². The predicted molar refractivity (Wildman–Crippen MR) is 65.3 cm³/mol. The van der Waals surface area contributed by atoms with E-state index in [4.69, 9.17) is 0 Å². The zero-order valence-electron chi connectivity index (χ0n) is 9.19. The van der Waals surface area contributed by atoms with Crippen LogP contribution < -0.4 is 0 Å². The third kappa shape index (κ3) is 12.5. The van der Waals surface area contributed by atoms with E-state index in [0.717, 1.165) is 0 Å². The summed E-state index contributed by atoms with van der Waals surface area (Å²) in [6.07, 6.45) is 13.4. The summed E-state index contributed by atoms with van der Waals surface area (Å²) in [7, 11) is 0. The fourth-order valence-corrected chi connectivity index (χ4v) is 1.68. The molecule has 1 atom stereocenters. The molecule has 0 amide bonds.